The Hall–Kier alpha value is 0.0100. The number of hydrogen-bond donors (Lipinski definition) is 0. The number of rotatable bonds is 0. The molecule has 0 fully saturated rings. The first-order valence-corrected chi connectivity index (χ1v) is 4.69. The highest BCUT2D eigenvalue weighted by molar-refractivity contribution is 14.1. The lowest BCUT2D eigenvalue weighted by Crippen LogP contribution is -2.01. The van der Waals surface area contributed by atoms with Gasteiger partial charge in [-0.1, -0.05) is 0 Å². The Morgan fingerprint density at radius 1 is 1.30 bits per heavy atom. The molecule has 1 heterocycles. The fourth-order valence-electron chi connectivity index (χ4n) is 1.58. The molecule has 1 aromatic heterocycles. The summed E-state index contributed by atoms with van der Waals surface area (Å²) in [6, 6.07) is 2.25. The molecule has 0 aromatic carbocycles. The highest BCUT2D eigenvalue weighted by atomic mass is 127. The molecule has 0 radical (unpaired) electrons. The molecule has 0 unspecified atom stereocenters. The van der Waals surface area contributed by atoms with Gasteiger partial charge in [0.2, 0.25) is 0 Å². The standard InChI is InChI=1S/C8H10IN/c9-10-6-5-7-3-1-2-4-8(7)10/h5-6H,1-4H2. The van der Waals surface area contributed by atoms with Crippen molar-refractivity contribution in [1.82, 2.24) is 2.78 Å². The van der Waals surface area contributed by atoms with E-state index >= 15 is 0 Å². The van der Waals surface area contributed by atoms with Crippen molar-refractivity contribution < 1.29 is 0 Å². The predicted octanol–water partition coefficient (Wildman–Crippen LogP) is 2.57. The number of nitrogens with zero attached hydrogens (tertiary/aromatic N) is 1. The third-order valence-corrected chi connectivity index (χ3v) is 3.05. The summed E-state index contributed by atoms with van der Waals surface area (Å²) in [5.41, 5.74) is 3.12. The molecule has 0 spiro atoms. The van der Waals surface area contributed by atoms with Crippen LogP contribution in [0.5, 0.6) is 0 Å². The zero-order valence-electron chi connectivity index (χ0n) is 5.81. The van der Waals surface area contributed by atoms with Crippen molar-refractivity contribution in [2.75, 3.05) is 0 Å². The van der Waals surface area contributed by atoms with Gasteiger partial charge in [-0.15, -0.1) is 0 Å². The van der Waals surface area contributed by atoms with E-state index in [0.29, 0.717) is 0 Å². The molecule has 0 bridgehead atoms. The van der Waals surface area contributed by atoms with E-state index in [2.05, 4.69) is 37.9 Å². The molecule has 0 saturated heterocycles. The SMILES string of the molecule is In1ccc2c1CCCC2. The van der Waals surface area contributed by atoms with E-state index in [1.165, 1.54) is 25.7 Å². The maximum absolute atomic E-state index is 2.36. The minimum Gasteiger partial charge on any atom is -0.294 e. The van der Waals surface area contributed by atoms with Crippen molar-refractivity contribution in [3.05, 3.63) is 23.5 Å². The van der Waals surface area contributed by atoms with Gasteiger partial charge in [-0.2, -0.15) is 0 Å². The number of aryl methyl sites for hydroxylation is 1. The van der Waals surface area contributed by atoms with Crippen molar-refractivity contribution in [2.24, 2.45) is 0 Å². The molecule has 0 N–H and O–H groups in total. The van der Waals surface area contributed by atoms with Crippen LogP contribution in [0, 0.1) is 0 Å². The van der Waals surface area contributed by atoms with Crippen LogP contribution in [0.1, 0.15) is 24.1 Å². The maximum atomic E-state index is 2.36. The molecular weight excluding hydrogens is 237 g/mol. The van der Waals surface area contributed by atoms with Crippen molar-refractivity contribution in [3.8, 4) is 0 Å². The summed E-state index contributed by atoms with van der Waals surface area (Å²) in [4.78, 5) is 0. The number of aromatic nitrogens is 1. The summed E-state index contributed by atoms with van der Waals surface area (Å²) in [5.74, 6) is 0. The summed E-state index contributed by atoms with van der Waals surface area (Å²) in [6.45, 7) is 0. The lowest BCUT2D eigenvalue weighted by atomic mass is 9.98. The van der Waals surface area contributed by atoms with Gasteiger partial charge in [0.1, 0.15) is 0 Å². The lowest BCUT2D eigenvalue weighted by molar-refractivity contribution is 0.675. The van der Waals surface area contributed by atoms with Crippen LogP contribution in [-0.2, 0) is 12.8 Å². The van der Waals surface area contributed by atoms with Gasteiger partial charge in [0.25, 0.3) is 0 Å². The predicted molar refractivity (Wildman–Crippen MR) is 50.5 cm³/mol. The first-order valence-electron chi connectivity index (χ1n) is 3.73. The van der Waals surface area contributed by atoms with E-state index in [9.17, 15) is 0 Å². The third kappa shape index (κ3) is 0.983. The topological polar surface area (TPSA) is 4.93 Å². The van der Waals surface area contributed by atoms with Gasteiger partial charge in [0.05, 0.1) is 22.9 Å². The van der Waals surface area contributed by atoms with Crippen LogP contribution < -0.4 is 0 Å². The van der Waals surface area contributed by atoms with Gasteiger partial charge in [-0.3, -0.25) is 2.78 Å². The Balaban J connectivity index is 2.45. The number of hydrogen-bond acceptors (Lipinski definition) is 0. The van der Waals surface area contributed by atoms with Crippen molar-refractivity contribution in [1.29, 1.82) is 0 Å². The summed E-state index contributed by atoms with van der Waals surface area (Å²) >= 11 is 2.36. The second-order valence-corrected chi connectivity index (χ2v) is 3.85. The van der Waals surface area contributed by atoms with E-state index in [1.807, 2.05) is 0 Å². The van der Waals surface area contributed by atoms with Gasteiger partial charge in [0.15, 0.2) is 0 Å². The van der Waals surface area contributed by atoms with Gasteiger partial charge in [-0.05, 0) is 37.3 Å². The highest BCUT2D eigenvalue weighted by Crippen LogP contribution is 2.23. The Labute approximate surface area is 74.9 Å². The molecule has 1 aliphatic carbocycles. The van der Waals surface area contributed by atoms with E-state index < -0.39 is 0 Å². The van der Waals surface area contributed by atoms with Crippen molar-refractivity contribution >= 4 is 22.9 Å². The number of halogens is 1. The number of fused-ring (bicyclic) bond motifs is 1. The van der Waals surface area contributed by atoms with Crippen LogP contribution >= 0.6 is 22.9 Å². The fourth-order valence-corrected chi connectivity index (χ4v) is 2.29. The molecular formula is C8H10IN. The van der Waals surface area contributed by atoms with Crippen molar-refractivity contribution in [2.45, 2.75) is 25.7 Å². The molecule has 1 nitrogen and oxygen atoms in total. The van der Waals surface area contributed by atoms with Crippen LogP contribution in [0.2, 0.25) is 0 Å². The van der Waals surface area contributed by atoms with E-state index in [4.69, 9.17) is 0 Å². The van der Waals surface area contributed by atoms with Gasteiger partial charge in [0, 0.05) is 11.9 Å². The molecule has 54 valence electrons. The zero-order chi connectivity index (χ0) is 6.97. The average molecular weight is 247 g/mol. The van der Waals surface area contributed by atoms with E-state index in [-0.39, 0.29) is 0 Å². The Morgan fingerprint density at radius 2 is 2.10 bits per heavy atom. The van der Waals surface area contributed by atoms with Gasteiger partial charge in [-0.25, -0.2) is 0 Å². The second kappa shape index (κ2) is 2.57. The fraction of sp³-hybridized carbons (Fsp3) is 0.500. The summed E-state index contributed by atoms with van der Waals surface area (Å²) in [5, 5.41) is 0. The monoisotopic (exact) mass is 247 g/mol. The molecule has 2 rings (SSSR count). The van der Waals surface area contributed by atoms with Crippen molar-refractivity contribution in [3.63, 3.8) is 0 Å². The maximum Gasteiger partial charge on any atom is 0.0637 e. The molecule has 0 amide bonds. The van der Waals surface area contributed by atoms with Gasteiger partial charge >= 0.3 is 0 Å². The van der Waals surface area contributed by atoms with Crippen LogP contribution in [0.4, 0.5) is 0 Å². The van der Waals surface area contributed by atoms with Crippen LogP contribution in [-0.4, -0.2) is 2.78 Å². The molecule has 2 heteroatoms. The minimum absolute atomic E-state index is 1.28. The summed E-state index contributed by atoms with van der Waals surface area (Å²) in [6.07, 6.45) is 7.50. The second-order valence-electron chi connectivity index (χ2n) is 2.81. The zero-order valence-corrected chi connectivity index (χ0v) is 7.97. The average Bonchev–Trinajstić information content (AvgIpc) is 2.34. The normalized spacial score (nSPS) is 16.9. The smallest absolute Gasteiger partial charge is 0.0637 e. The molecule has 10 heavy (non-hydrogen) atoms. The molecule has 0 saturated carbocycles. The lowest BCUT2D eigenvalue weighted by Gasteiger charge is -2.11. The first kappa shape index (κ1) is 6.70. The third-order valence-electron chi connectivity index (χ3n) is 2.14. The Bertz CT molecular complexity index is 239. The largest absolute Gasteiger partial charge is 0.294 e. The quantitative estimate of drug-likeness (QED) is 0.621. The summed E-state index contributed by atoms with van der Waals surface area (Å²) in [7, 11) is 0. The van der Waals surface area contributed by atoms with Crippen LogP contribution in [0.25, 0.3) is 0 Å². The highest BCUT2D eigenvalue weighted by Gasteiger charge is 2.11. The molecule has 0 atom stereocenters. The molecule has 1 aliphatic rings. The Morgan fingerprint density at radius 3 is 2.90 bits per heavy atom. The molecule has 1 aromatic rings. The Kier molecular flexibility index (Phi) is 1.72. The van der Waals surface area contributed by atoms with Crippen LogP contribution in [0.15, 0.2) is 12.3 Å². The molecule has 0 aliphatic heterocycles. The summed E-state index contributed by atoms with van der Waals surface area (Å²) < 4.78 is 2.23. The van der Waals surface area contributed by atoms with Crippen LogP contribution in [0.3, 0.4) is 0 Å². The van der Waals surface area contributed by atoms with E-state index in [1.54, 1.807) is 11.3 Å². The minimum atomic E-state index is 1.28. The first-order chi connectivity index (χ1) is 4.88. The van der Waals surface area contributed by atoms with E-state index in [0.717, 1.165) is 0 Å². The van der Waals surface area contributed by atoms with Gasteiger partial charge < -0.3 is 0 Å².